The fourth-order valence-electron chi connectivity index (χ4n) is 3.72. The summed E-state index contributed by atoms with van der Waals surface area (Å²) in [6.07, 6.45) is -0.973. The van der Waals surface area contributed by atoms with Gasteiger partial charge in [-0.05, 0) is 55.5 Å². The molecule has 1 saturated heterocycles. The van der Waals surface area contributed by atoms with Crippen LogP contribution in [0.3, 0.4) is 0 Å². The summed E-state index contributed by atoms with van der Waals surface area (Å²) in [5, 5.41) is 14.2. The number of anilines is 1. The van der Waals surface area contributed by atoms with Crippen molar-refractivity contribution in [1.82, 2.24) is 10.1 Å². The van der Waals surface area contributed by atoms with Gasteiger partial charge < -0.3 is 24.2 Å². The van der Waals surface area contributed by atoms with Crippen molar-refractivity contribution >= 4 is 11.6 Å². The molecule has 3 aromatic rings. The van der Waals surface area contributed by atoms with E-state index in [1.165, 1.54) is 12.1 Å². The number of halogens is 1. The van der Waals surface area contributed by atoms with Gasteiger partial charge in [-0.1, -0.05) is 5.16 Å². The maximum absolute atomic E-state index is 13.4. The summed E-state index contributed by atoms with van der Waals surface area (Å²) in [4.78, 5) is 17.2. The van der Waals surface area contributed by atoms with Crippen molar-refractivity contribution in [3.05, 3.63) is 65.7 Å². The van der Waals surface area contributed by atoms with Crippen molar-refractivity contribution in [3.63, 3.8) is 0 Å². The number of methoxy groups -OCH3 is 1. The van der Waals surface area contributed by atoms with Gasteiger partial charge in [0.1, 0.15) is 28.9 Å². The normalized spacial score (nSPS) is 15.1. The van der Waals surface area contributed by atoms with Crippen molar-refractivity contribution in [3.8, 4) is 17.0 Å². The molecule has 2 aromatic carbocycles. The first kappa shape index (κ1) is 20.9. The lowest BCUT2D eigenvalue weighted by Crippen LogP contribution is -2.49. The fourth-order valence-corrected chi connectivity index (χ4v) is 3.72. The third-order valence-electron chi connectivity index (χ3n) is 5.43. The summed E-state index contributed by atoms with van der Waals surface area (Å²) in [6, 6.07) is 13.5. The van der Waals surface area contributed by atoms with Crippen LogP contribution in [0.4, 0.5) is 10.1 Å². The molecule has 1 unspecified atom stereocenters. The van der Waals surface area contributed by atoms with Gasteiger partial charge in [0.25, 0.3) is 5.91 Å². The summed E-state index contributed by atoms with van der Waals surface area (Å²) in [6.45, 7) is 3.75. The van der Waals surface area contributed by atoms with Gasteiger partial charge in [-0.15, -0.1) is 0 Å². The Morgan fingerprint density at radius 1 is 1.10 bits per heavy atom. The number of ether oxygens (including phenoxy) is 1. The van der Waals surface area contributed by atoms with E-state index in [0.29, 0.717) is 43.2 Å². The molecule has 1 fully saturated rings. The Labute approximate surface area is 179 Å². The van der Waals surface area contributed by atoms with E-state index in [-0.39, 0.29) is 23.0 Å². The summed E-state index contributed by atoms with van der Waals surface area (Å²) in [7, 11) is 1.58. The van der Waals surface area contributed by atoms with Crippen LogP contribution in [-0.4, -0.2) is 54.4 Å². The highest BCUT2D eigenvalue weighted by Crippen LogP contribution is 2.31. The van der Waals surface area contributed by atoms with Crippen molar-refractivity contribution in [2.45, 2.75) is 13.0 Å². The van der Waals surface area contributed by atoms with Gasteiger partial charge in [0.15, 0.2) is 5.76 Å². The zero-order valence-electron chi connectivity index (χ0n) is 17.4. The van der Waals surface area contributed by atoms with Gasteiger partial charge in [-0.3, -0.25) is 4.79 Å². The Hall–Kier alpha value is -3.39. The predicted octanol–water partition coefficient (Wildman–Crippen LogP) is 3.51. The molecule has 4 rings (SSSR count). The van der Waals surface area contributed by atoms with Gasteiger partial charge in [-0.25, -0.2) is 4.39 Å². The topological polar surface area (TPSA) is 79.0 Å². The number of carbonyl (C=O) groups excluding carboxylic acids is 1. The van der Waals surface area contributed by atoms with Crippen LogP contribution >= 0.6 is 0 Å². The minimum absolute atomic E-state index is 0.150. The minimum Gasteiger partial charge on any atom is -0.497 e. The molecule has 7 nitrogen and oxygen atoms in total. The molecule has 0 spiro atoms. The lowest BCUT2D eigenvalue weighted by Gasteiger charge is -2.36. The number of aliphatic hydroxyl groups excluding tert-OH is 1. The van der Waals surface area contributed by atoms with E-state index in [1.807, 2.05) is 0 Å². The second-order valence-corrected chi connectivity index (χ2v) is 7.43. The quantitative estimate of drug-likeness (QED) is 0.674. The molecule has 0 radical (unpaired) electrons. The van der Waals surface area contributed by atoms with E-state index >= 15 is 0 Å². The summed E-state index contributed by atoms with van der Waals surface area (Å²) < 4.78 is 23.7. The number of benzene rings is 2. The highest BCUT2D eigenvalue weighted by molar-refractivity contribution is 6.01. The number of amides is 1. The van der Waals surface area contributed by atoms with E-state index in [9.17, 15) is 14.3 Å². The maximum Gasteiger partial charge on any atom is 0.259 e. The van der Waals surface area contributed by atoms with Crippen LogP contribution in [0.5, 0.6) is 5.75 Å². The van der Waals surface area contributed by atoms with Gasteiger partial charge >= 0.3 is 0 Å². The summed E-state index contributed by atoms with van der Waals surface area (Å²) in [5.41, 5.74) is 2.28. The molecule has 0 bridgehead atoms. The largest absolute Gasteiger partial charge is 0.497 e. The first-order valence-electron chi connectivity index (χ1n) is 10.1. The summed E-state index contributed by atoms with van der Waals surface area (Å²) >= 11 is 0. The van der Waals surface area contributed by atoms with Crippen LogP contribution in [0.2, 0.25) is 0 Å². The molecule has 162 valence electrons. The molecule has 1 aliphatic rings. The van der Waals surface area contributed by atoms with Crippen molar-refractivity contribution in [2.75, 3.05) is 38.2 Å². The van der Waals surface area contributed by atoms with E-state index < -0.39 is 6.10 Å². The number of aromatic nitrogens is 1. The minimum atomic E-state index is -0.973. The van der Waals surface area contributed by atoms with E-state index in [0.717, 1.165) is 5.69 Å². The Morgan fingerprint density at radius 3 is 2.32 bits per heavy atom. The lowest BCUT2D eigenvalue weighted by molar-refractivity contribution is 0.0735. The monoisotopic (exact) mass is 425 g/mol. The van der Waals surface area contributed by atoms with E-state index in [1.54, 1.807) is 55.3 Å². The van der Waals surface area contributed by atoms with Crippen molar-refractivity contribution in [2.24, 2.45) is 0 Å². The molecule has 0 aliphatic carbocycles. The number of hydrogen-bond donors (Lipinski definition) is 1. The third-order valence-corrected chi connectivity index (χ3v) is 5.43. The second-order valence-electron chi connectivity index (χ2n) is 7.43. The van der Waals surface area contributed by atoms with Gasteiger partial charge in [0.05, 0.1) is 7.11 Å². The SMILES string of the molecule is COc1ccc(-c2noc(C(C)O)c2C(=O)N2CCN(c3ccc(F)cc3)CC2)cc1. The first-order valence-corrected chi connectivity index (χ1v) is 10.1. The maximum atomic E-state index is 13.4. The van der Waals surface area contributed by atoms with Crippen LogP contribution in [0.25, 0.3) is 11.3 Å². The molecule has 8 heteroatoms. The molecular formula is C23H24FN3O4. The smallest absolute Gasteiger partial charge is 0.259 e. The molecule has 31 heavy (non-hydrogen) atoms. The molecule has 0 saturated carbocycles. The average molecular weight is 425 g/mol. The predicted molar refractivity (Wildman–Crippen MR) is 114 cm³/mol. The van der Waals surface area contributed by atoms with Crippen molar-refractivity contribution < 1.29 is 23.6 Å². The van der Waals surface area contributed by atoms with E-state index in [4.69, 9.17) is 9.26 Å². The zero-order chi connectivity index (χ0) is 22.0. The average Bonchev–Trinajstić information content (AvgIpc) is 3.25. The van der Waals surface area contributed by atoms with E-state index in [2.05, 4.69) is 10.1 Å². The first-order chi connectivity index (χ1) is 15.0. The van der Waals surface area contributed by atoms with Gasteiger partial charge in [0.2, 0.25) is 0 Å². The zero-order valence-corrected chi connectivity index (χ0v) is 17.4. The number of carbonyl (C=O) groups is 1. The highest BCUT2D eigenvalue weighted by Gasteiger charge is 2.31. The third kappa shape index (κ3) is 4.25. The second kappa shape index (κ2) is 8.77. The van der Waals surface area contributed by atoms with Crippen LogP contribution in [0.1, 0.15) is 29.1 Å². The number of nitrogens with zero attached hydrogens (tertiary/aromatic N) is 3. The lowest BCUT2D eigenvalue weighted by atomic mass is 10.0. The Bertz CT molecular complexity index is 1040. The molecule has 1 amide bonds. The summed E-state index contributed by atoms with van der Waals surface area (Å²) in [5.74, 6) is 0.327. The number of hydrogen-bond acceptors (Lipinski definition) is 6. The highest BCUT2D eigenvalue weighted by atomic mass is 19.1. The molecule has 1 aliphatic heterocycles. The van der Waals surface area contributed by atoms with Crippen molar-refractivity contribution in [1.29, 1.82) is 0 Å². The number of aliphatic hydroxyl groups is 1. The van der Waals surface area contributed by atoms with Crippen LogP contribution in [0, 0.1) is 5.82 Å². The Morgan fingerprint density at radius 2 is 1.74 bits per heavy atom. The molecule has 1 N–H and O–H groups in total. The molecule has 2 heterocycles. The number of rotatable bonds is 5. The van der Waals surface area contributed by atoms with Crippen LogP contribution < -0.4 is 9.64 Å². The van der Waals surface area contributed by atoms with Crippen LogP contribution in [0.15, 0.2) is 53.1 Å². The molecule has 1 atom stereocenters. The molecular weight excluding hydrogens is 401 g/mol. The standard InChI is InChI=1S/C23H24FN3O4/c1-15(28)22-20(21(25-31-22)16-3-9-19(30-2)10-4-16)23(29)27-13-11-26(12-14-27)18-7-5-17(24)6-8-18/h3-10,15,28H,11-14H2,1-2H3. The van der Waals surface area contributed by atoms with Gasteiger partial charge in [0, 0.05) is 37.4 Å². The van der Waals surface area contributed by atoms with Gasteiger partial charge in [-0.2, -0.15) is 0 Å². The molecule has 1 aromatic heterocycles. The fraction of sp³-hybridized carbons (Fsp3) is 0.304. The Kier molecular flexibility index (Phi) is 5.90. The van der Waals surface area contributed by atoms with Crippen LogP contribution in [-0.2, 0) is 0 Å². The number of piperazine rings is 1. The Balaban J connectivity index is 1.56.